The van der Waals surface area contributed by atoms with Crippen molar-refractivity contribution in [3.8, 4) is 0 Å². The fourth-order valence-corrected chi connectivity index (χ4v) is 2.72. The van der Waals surface area contributed by atoms with Gasteiger partial charge in [-0.25, -0.2) is 19.7 Å². The first-order valence-electron chi connectivity index (χ1n) is 9.20. The number of rotatable bonds is 6. The molecule has 31 heavy (non-hydrogen) atoms. The zero-order valence-corrected chi connectivity index (χ0v) is 17.4. The lowest BCUT2D eigenvalue weighted by Gasteiger charge is -2.04. The van der Waals surface area contributed by atoms with E-state index >= 15 is 0 Å². The molecule has 11 nitrogen and oxygen atoms in total. The number of urea groups is 1. The Morgan fingerprint density at radius 3 is 2.77 bits per heavy atom. The summed E-state index contributed by atoms with van der Waals surface area (Å²) in [6, 6.07) is 8.91. The van der Waals surface area contributed by atoms with Gasteiger partial charge in [-0.05, 0) is 19.1 Å². The van der Waals surface area contributed by atoms with Gasteiger partial charge in [0.1, 0.15) is 16.8 Å². The van der Waals surface area contributed by atoms with Gasteiger partial charge in [-0.15, -0.1) is 5.10 Å². The Morgan fingerprint density at radius 1 is 1.19 bits per heavy atom. The molecule has 0 radical (unpaired) electrons. The Hall–Kier alpha value is -3.90. The van der Waals surface area contributed by atoms with E-state index in [-0.39, 0.29) is 12.6 Å². The van der Waals surface area contributed by atoms with Crippen LogP contribution in [0.2, 0.25) is 0 Å². The third-order valence-corrected chi connectivity index (χ3v) is 4.40. The molecule has 0 spiro atoms. The molecule has 0 aliphatic rings. The smallest absolute Gasteiger partial charge is 0.324 e. The van der Waals surface area contributed by atoms with Gasteiger partial charge in [0.25, 0.3) is 0 Å². The molecule has 0 saturated carbocycles. The Kier molecular flexibility index (Phi) is 7.97. The average Bonchev–Trinajstić information content (AvgIpc) is 3.47. The Balaban J connectivity index is 0.000000176. The number of H-pyrrole nitrogens is 1. The van der Waals surface area contributed by atoms with E-state index in [0.717, 1.165) is 28.3 Å². The van der Waals surface area contributed by atoms with Gasteiger partial charge in [0.2, 0.25) is 0 Å². The van der Waals surface area contributed by atoms with Crippen LogP contribution in [0.1, 0.15) is 6.92 Å². The van der Waals surface area contributed by atoms with Crippen molar-refractivity contribution in [1.82, 2.24) is 29.5 Å². The van der Waals surface area contributed by atoms with Gasteiger partial charge in [0, 0.05) is 23.8 Å². The summed E-state index contributed by atoms with van der Waals surface area (Å²) in [7, 11) is 0. The Bertz CT molecular complexity index is 1110. The number of nitrogens with zero attached hydrogens (tertiary/aromatic N) is 5. The maximum Gasteiger partial charge on any atom is 0.324 e. The number of carbonyl (C=O) groups excluding carboxylic acids is 1. The van der Waals surface area contributed by atoms with E-state index < -0.39 is 0 Å². The van der Waals surface area contributed by atoms with Crippen LogP contribution in [0.25, 0.3) is 11.2 Å². The summed E-state index contributed by atoms with van der Waals surface area (Å²) in [6.07, 6.45) is 6.45. The number of para-hydroxylation sites is 1. The summed E-state index contributed by atoms with van der Waals surface area (Å²) >= 11 is 1.13. The second-order valence-electron chi connectivity index (χ2n) is 6.14. The number of hydrogen-bond donors (Lipinski definition) is 5. The van der Waals surface area contributed by atoms with Crippen molar-refractivity contribution in [2.24, 2.45) is 0 Å². The summed E-state index contributed by atoms with van der Waals surface area (Å²) in [5.74, 6) is 0.712. The molecule has 0 aliphatic heterocycles. The molecule has 3 heterocycles. The molecule has 3 aromatic heterocycles. The summed E-state index contributed by atoms with van der Waals surface area (Å²) in [5.41, 5.74) is 3.09. The van der Waals surface area contributed by atoms with E-state index in [9.17, 15) is 4.79 Å². The molecule has 0 atom stereocenters. The molecule has 0 aliphatic carbocycles. The van der Waals surface area contributed by atoms with Crippen LogP contribution < -0.4 is 16.0 Å². The van der Waals surface area contributed by atoms with Crippen LogP contribution in [0.5, 0.6) is 0 Å². The topological polar surface area (TPSA) is 154 Å². The number of aromatic nitrogens is 6. The lowest BCUT2D eigenvalue weighted by molar-refractivity contribution is 0.262. The quantitative estimate of drug-likeness (QED) is 0.287. The molecule has 0 bridgehead atoms. The number of carbonyl (C=O) groups is 1. The summed E-state index contributed by atoms with van der Waals surface area (Å²) < 4.78 is 3.63. The average molecular weight is 440 g/mol. The highest BCUT2D eigenvalue weighted by Crippen LogP contribution is 2.14. The van der Waals surface area contributed by atoms with Crippen molar-refractivity contribution < 1.29 is 9.90 Å². The largest absolute Gasteiger partial charge is 0.392 e. The third-order valence-electron chi connectivity index (χ3n) is 3.82. The van der Waals surface area contributed by atoms with Crippen LogP contribution in [0.4, 0.5) is 21.3 Å². The molecule has 2 amide bonds. The van der Waals surface area contributed by atoms with Crippen molar-refractivity contribution in [3.05, 3.63) is 60.8 Å². The molecule has 12 heteroatoms. The fraction of sp³-hybridized carbons (Fsp3) is 0.158. The molecule has 0 unspecified atom stereocenters. The minimum Gasteiger partial charge on any atom is -0.392 e. The van der Waals surface area contributed by atoms with E-state index in [1.807, 2.05) is 43.3 Å². The number of imidazole rings is 1. The molecular formula is C19H21N9O2S. The number of aromatic amines is 1. The number of hydrogen-bond acceptors (Lipinski definition) is 9. The molecule has 0 saturated heterocycles. The number of nitrogens with one attached hydrogen (secondary N) is 4. The van der Waals surface area contributed by atoms with Gasteiger partial charge < -0.3 is 20.7 Å². The number of aliphatic hydroxyl groups excluding tert-OH is 1. The van der Waals surface area contributed by atoms with Crippen LogP contribution in [0.15, 0.2) is 60.8 Å². The molecule has 1 aromatic carbocycles. The standard InChI is InChI=1S/C10H13N5O.C9H8N4OS/c1-7(4-16)2-3-11-9-8-10(13-5-12-8)15-6-14-9;14-9(12-8-6-10-13-15-8)11-7-4-2-1-3-5-7/h2,5-6,16H,3-4H2,1H3,(H2,11,12,13,14,15);1-6H,(H2,11,12,14)/b7-2+;. The highest BCUT2D eigenvalue weighted by molar-refractivity contribution is 7.10. The number of anilines is 3. The highest BCUT2D eigenvalue weighted by Gasteiger charge is 2.04. The zero-order valence-electron chi connectivity index (χ0n) is 16.6. The van der Waals surface area contributed by atoms with E-state index in [2.05, 4.69) is 45.5 Å². The first-order valence-corrected chi connectivity index (χ1v) is 9.98. The lowest BCUT2D eigenvalue weighted by Crippen LogP contribution is -2.18. The number of aliphatic hydroxyl groups is 1. The SMILES string of the molecule is C/C(=C\CNc1ncnc2nc[nH]c12)CO.O=C(Nc1ccccc1)Nc1cnns1. The maximum atomic E-state index is 11.4. The number of amides is 2. The van der Waals surface area contributed by atoms with Crippen molar-refractivity contribution in [2.75, 3.05) is 29.1 Å². The van der Waals surface area contributed by atoms with Gasteiger partial charge in [0.15, 0.2) is 11.5 Å². The zero-order chi connectivity index (χ0) is 21.9. The molecule has 160 valence electrons. The summed E-state index contributed by atoms with van der Waals surface area (Å²) in [6.45, 7) is 2.55. The molecular weight excluding hydrogens is 418 g/mol. The summed E-state index contributed by atoms with van der Waals surface area (Å²) in [5, 5.41) is 21.5. The monoisotopic (exact) mass is 439 g/mol. The molecule has 4 aromatic rings. The van der Waals surface area contributed by atoms with Crippen LogP contribution in [-0.2, 0) is 0 Å². The van der Waals surface area contributed by atoms with Crippen molar-refractivity contribution >= 4 is 45.2 Å². The normalized spacial score (nSPS) is 10.8. The van der Waals surface area contributed by atoms with Gasteiger partial charge in [-0.2, -0.15) is 0 Å². The molecule has 5 N–H and O–H groups in total. The predicted octanol–water partition coefficient (Wildman–Crippen LogP) is 2.89. The highest BCUT2D eigenvalue weighted by atomic mass is 32.1. The second-order valence-corrected chi connectivity index (χ2v) is 6.93. The minimum absolute atomic E-state index is 0.0743. The van der Waals surface area contributed by atoms with Crippen LogP contribution in [0.3, 0.4) is 0 Å². The van der Waals surface area contributed by atoms with Crippen LogP contribution in [0, 0.1) is 0 Å². The second kappa shape index (κ2) is 11.3. The van der Waals surface area contributed by atoms with E-state index in [1.54, 1.807) is 6.33 Å². The third kappa shape index (κ3) is 6.83. The van der Waals surface area contributed by atoms with E-state index in [1.165, 1.54) is 12.5 Å². The number of benzene rings is 1. The van der Waals surface area contributed by atoms with Crippen LogP contribution >= 0.6 is 11.5 Å². The van der Waals surface area contributed by atoms with Gasteiger partial charge >= 0.3 is 6.03 Å². The number of fused-ring (bicyclic) bond motifs is 1. The summed E-state index contributed by atoms with van der Waals surface area (Å²) in [4.78, 5) is 26.5. The van der Waals surface area contributed by atoms with Gasteiger partial charge in [-0.3, -0.25) is 5.32 Å². The van der Waals surface area contributed by atoms with Gasteiger partial charge in [-0.1, -0.05) is 34.3 Å². The van der Waals surface area contributed by atoms with Crippen molar-refractivity contribution in [2.45, 2.75) is 6.92 Å². The lowest BCUT2D eigenvalue weighted by atomic mass is 10.3. The van der Waals surface area contributed by atoms with Crippen molar-refractivity contribution in [3.63, 3.8) is 0 Å². The molecule has 4 rings (SSSR count). The van der Waals surface area contributed by atoms with Gasteiger partial charge in [0.05, 0.1) is 19.1 Å². The maximum absolute atomic E-state index is 11.4. The molecule has 0 fully saturated rings. The minimum atomic E-state index is -0.299. The fourth-order valence-electron chi connectivity index (χ4n) is 2.30. The van der Waals surface area contributed by atoms with E-state index in [4.69, 9.17) is 5.11 Å². The first kappa shape index (κ1) is 21.8. The predicted molar refractivity (Wildman–Crippen MR) is 120 cm³/mol. The Morgan fingerprint density at radius 2 is 2.03 bits per heavy atom. The van der Waals surface area contributed by atoms with Crippen molar-refractivity contribution in [1.29, 1.82) is 0 Å². The Labute approximate surface area is 181 Å². The first-order chi connectivity index (χ1) is 15.2. The van der Waals surface area contributed by atoms with E-state index in [0.29, 0.717) is 23.0 Å². The van der Waals surface area contributed by atoms with Crippen LogP contribution in [-0.4, -0.2) is 53.8 Å².